The third-order valence-corrected chi connectivity index (χ3v) is 3.55. The number of anilines is 1. The van der Waals surface area contributed by atoms with E-state index in [1.165, 1.54) is 6.07 Å². The van der Waals surface area contributed by atoms with Crippen LogP contribution in [0.1, 0.15) is 29.3 Å². The summed E-state index contributed by atoms with van der Waals surface area (Å²) >= 11 is 0. The Hall–Kier alpha value is -2.14. The van der Waals surface area contributed by atoms with Gasteiger partial charge in [0.1, 0.15) is 11.6 Å². The van der Waals surface area contributed by atoms with Crippen molar-refractivity contribution in [3.63, 3.8) is 0 Å². The van der Waals surface area contributed by atoms with Crippen LogP contribution in [0, 0.1) is 5.82 Å². The van der Waals surface area contributed by atoms with Gasteiger partial charge < -0.3 is 15.1 Å². The van der Waals surface area contributed by atoms with E-state index in [1.807, 2.05) is 6.07 Å². The van der Waals surface area contributed by atoms with E-state index in [1.54, 1.807) is 25.4 Å². The van der Waals surface area contributed by atoms with Crippen molar-refractivity contribution in [2.45, 2.75) is 18.9 Å². The molecule has 1 atom stereocenters. The van der Waals surface area contributed by atoms with Crippen molar-refractivity contribution in [3.05, 3.63) is 53.2 Å². The summed E-state index contributed by atoms with van der Waals surface area (Å²) < 4.78 is 19.7. The summed E-state index contributed by atoms with van der Waals surface area (Å²) in [6, 6.07) is 6.42. The third kappa shape index (κ3) is 2.20. The lowest BCUT2D eigenvalue weighted by Crippen LogP contribution is -2.22. The lowest BCUT2D eigenvalue weighted by molar-refractivity contribution is -0.116. The zero-order valence-corrected chi connectivity index (χ0v) is 11.1. The number of halogens is 1. The molecule has 2 N–H and O–H groups in total. The Kier molecular flexibility index (Phi) is 3.28. The van der Waals surface area contributed by atoms with Crippen molar-refractivity contribution >= 4 is 11.6 Å². The van der Waals surface area contributed by atoms with E-state index in [0.717, 1.165) is 5.56 Å². The molecule has 0 spiro atoms. The van der Waals surface area contributed by atoms with E-state index in [0.29, 0.717) is 29.9 Å². The minimum absolute atomic E-state index is 0.0687. The minimum Gasteiger partial charge on any atom is -0.467 e. The number of nitrogens with one attached hydrogen (secondary N) is 2. The molecule has 0 radical (unpaired) electrons. The van der Waals surface area contributed by atoms with Crippen LogP contribution in [0.15, 0.2) is 34.9 Å². The third-order valence-electron chi connectivity index (χ3n) is 3.55. The molecule has 0 aliphatic carbocycles. The van der Waals surface area contributed by atoms with Crippen LogP contribution in [0.4, 0.5) is 10.1 Å². The van der Waals surface area contributed by atoms with E-state index < -0.39 is 0 Å². The van der Waals surface area contributed by atoms with Crippen LogP contribution in [0.3, 0.4) is 0 Å². The molecule has 0 fully saturated rings. The average Bonchev–Trinajstić information content (AvgIpc) is 2.94. The fraction of sp³-hybridized carbons (Fsp3) is 0.267. The minimum atomic E-state index is -0.360. The maximum atomic E-state index is 14.3. The summed E-state index contributed by atoms with van der Waals surface area (Å²) in [6.45, 7) is 0. The topological polar surface area (TPSA) is 54.3 Å². The number of carbonyl (C=O) groups excluding carboxylic acids is 1. The molecule has 1 aromatic carbocycles. The number of fused-ring (bicyclic) bond motifs is 1. The molecule has 104 valence electrons. The number of hydrogen-bond donors (Lipinski definition) is 2. The maximum Gasteiger partial charge on any atom is 0.224 e. The van der Waals surface area contributed by atoms with Gasteiger partial charge in [-0.3, -0.25) is 4.79 Å². The SMILES string of the molecule is CNC(c1ccco1)c1cc2c(cc1F)NC(=O)CC2. The Morgan fingerprint density at radius 1 is 1.40 bits per heavy atom. The van der Waals surface area contributed by atoms with Crippen molar-refractivity contribution in [3.8, 4) is 0 Å². The second-order valence-electron chi connectivity index (χ2n) is 4.82. The van der Waals surface area contributed by atoms with Gasteiger partial charge >= 0.3 is 0 Å². The Labute approximate surface area is 116 Å². The zero-order chi connectivity index (χ0) is 14.1. The predicted molar refractivity (Wildman–Crippen MR) is 73.0 cm³/mol. The van der Waals surface area contributed by atoms with E-state index in [9.17, 15) is 9.18 Å². The molecule has 4 nitrogen and oxygen atoms in total. The smallest absolute Gasteiger partial charge is 0.224 e. The van der Waals surface area contributed by atoms with Gasteiger partial charge in [-0.25, -0.2) is 4.39 Å². The molecule has 0 saturated carbocycles. The molecule has 3 rings (SSSR count). The van der Waals surface area contributed by atoms with Gasteiger partial charge in [0.05, 0.1) is 12.3 Å². The summed E-state index contributed by atoms with van der Waals surface area (Å²) in [6.07, 6.45) is 2.63. The highest BCUT2D eigenvalue weighted by molar-refractivity contribution is 5.93. The molecule has 2 heterocycles. The van der Waals surface area contributed by atoms with Crippen LogP contribution in [-0.2, 0) is 11.2 Å². The molecule has 1 aliphatic rings. The molecule has 0 bridgehead atoms. The average molecular weight is 274 g/mol. The Balaban J connectivity index is 2.03. The quantitative estimate of drug-likeness (QED) is 0.904. The molecule has 5 heteroatoms. The highest BCUT2D eigenvalue weighted by atomic mass is 19.1. The molecule has 2 aromatic rings. The molecule has 0 saturated heterocycles. The van der Waals surface area contributed by atoms with Crippen molar-refractivity contribution in [2.24, 2.45) is 0 Å². The van der Waals surface area contributed by atoms with Gasteiger partial charge in [0.2, 0.25) is 5.91 Å². The van der Waals surface area contributed by atoms with Gasteiger partial charge in [0.15, 0.2) is 0 Å². The standard InChI is InChI=1S/C15H15FN2O2/c1-17-15(13-3-2-6-20-13)10-7-9-4-5-14(19)18-12(9)8-11(10)16/h2-3,6-8,15,17H,4-5H2,1H3,(H,18,19). The highest BCUT2D eigenvalue weighted by Gasteiger charge is 2.23. The monoisotopic (exact) mass is 274 g/mol. The van der Waals surface area contributed by atoms with Gasteiger partial charge in [0, 0.05) is 17.7 Å². The van der Waals surface area contributed by atoms with Crippen molar-refractivity contribution < 1.29 is 13.6 Å². The lowest BCUT2D eigenvalue weighted by atomic mass is 9.95. The summed E-state index contributed by atoms with van der Waals surface area (Å²) in [7, 11) is 1.76. The van der Waals surface area contributed by atoms with Crippen LogP contribution in [-0.4, -0.2) is 13.0 Å². The second-order valence-corrected chi connectivity index (χ2v) is 4.82. The first-order chi connectivity index (χ1) is 9.69. The van der Waals surface area contributed by atoms with Crippen LogP contribution < -0.4 is 10.6 Å². The number of amides is 1. The van der Waals surface area contributed by atoms with Gasteiger partial charge in [-0.05, 0) is 43.3 Å². The number of furan rings is 1. The predicted octanol–water partition coefficient (Wildman–Crippen LogP) is 2.61. The molecule has 1 aromatic heterocycles. The van der Waals surface area contributed by atoms with E-state index in [2.05, 4.69) is 10.6 Å². The first-order valence-electron chi connectivity index (χ1n) is 6.52. The van der Waals surface area contributed by atoms with E-state index in [4.69, 9.17) is 4.42 Å². The molecule has 1 unspecified atom stereocenters. The highest BCUT2D eigenvalue weighted by Crippen LogP contribution is 2.31. The number of hydrogen-bond acceptors (Lipinski definition) is 3. The van der Waals surface area contributed by atoms with E-state index in [-0.39, 0.29) is 17.8 Å². The lowest BCUT2D eigenvalue weighted by Gasteiger charge is -2.21. The summed E-state index contributed by atoms with van der Waals surface area (Å²) in [5, 5.41) is 5.75. The van der Waals surface area contributed by atoms with E-state index >= 15 is 0 Å². The van der Waals surface area contributed by atoms with Crippen molar-refractivity contribution in [1.29, 1.82) is 0 Å². The molecule has 20 heavy (non-hydrogen) atoms. The van der Waals surface area contributed by atoms with Crippen LogP contribution in [0.25, 0.3) is 0 Å². The van der Waals surface area contributed by atoms with Crippen molar-refractivity contribution in [2.75, 3.05) is 12.4 Å². The normalized spacial score (nSPS) is 15.6. The maximum absolute atomic E-state index is 14.3. The number of rotatable bonds is 3. The zero-order valence-electron chi connectivity index (χ0n) is 11.1. The van der Waals surface area contributed by atoms with Gasteiger partial charge in [-0.15, -0.1) is 0 Å². The summed E-state index contributed by atoms with van der Waals surface area (Å²) in [5.41, 5.74) is 2.04. The fourth-order valence-electron chi connectivity index (χ4n) is 2.55. The molecular weight excluding hydrogens is 259 g/mol. The molecular formula is C15H15FN2O2. The van der Waals surface area contributed by atoms with Gasteiger partial charge in [0.25, 0.3) is 0 Å². The Morgan fingerprint density at radius 2 is 2.25 bits per heavy atom. The fourth-order valence-corrected chi connectivity index (χ4v) is 2.55. The number of carbonyl (C=O) groups is 1. The van der Waals surface area contributed by atoms with Crippen molar-refractivity contribution in [1.82, 2.24) is 5.32 Å². The first kappa shape index (κ1) is 12.9. The first-order valence-corrected chi connectivity index (χ1v) is 6.52. The van der Waals surface area contributed by atoms with Crippen LogP contribution >= 0.6 is 0 Å². The summed E-state index contributed by atoms with van der Waals surface area (Å²) in [5.74, 6) is 0.230. The molecule has 1 amide bonds. The number of aryl methyl sites for hydroxylation is 1. The van der Waals surface area contributed by atoms with Gasteiger partial charge in [-0.1, -0.05) is 0 Å². The second kappa shape index (κ2) is 5.09. The summed E-state index contributed by atoms with van der Waals surface area (Å²) in [4.78, 5) is 11.3. The number of benzene rings is 1. The molecule has 1 aliphatic heterocycles. The van der Waals surface area contributed by atoms with Crippen LogP contribution in [0.5, 0.6) is 0 Å². The van der Waals surface area contributed by atoms with Gasteiger partial charge in [-0.2, -0.15) is 0 Å². The Bertz CT molecular complexity index is 638. The van der Waals surface area contributed by atoms with Crippen LogP contribution in [0.2, 0.25) is 0 Å². The largest absolute Gasteiger partial charge is 0.467 e. The Morgan fingerprint density at radius 3 is 2.95 bits per heavy atom.